The molecule has 0 spiro atoms. The highest BCUT2D eigenvalue weighted by Crippen LogP contribution is 2.68. The Morgan fingerprint density at radius 3 is 2.51 bits per heavy atom. The molecule has 6 rings (SSSR count). The summed E-state index contributed by atoms with van der Waals surface area (Å²) in [5.41, 5.74) is -0.0676. The predicted octanol–water partition coefficient (Wildman–Crippen LogP) is 4.67. The highest BCUT2D eigenvalue weighted by molar-refractivity contribution is 5.84. The Labute approximate surface area is 224 Å². The van der Waals surface area contributed by atoms with Crippen LogP contribution in [0.4, 0.5) is 0 Å². The van der Waals surface area contributed by atoms with E-state index >= 15 is 0 Å². The summed E-state index contributed by atoms with van der Waals surface area (Å²) in [4.78, 5) is 16.8. The number of carbonyl (C=O) groups excluding carboxylic acids is 1. The molecular formula is C31H51NO5. The van der Waals surface area contributed by atoms with Gasteiger partial charge in [-0.3, -0.25) is 9.69 Å². The van der Waals surface area contributed by atoms with Gasteiger partial charge in [0.1, 0.15) is 5.78 Å². The molecule has 2 heterocycles. The van der Waals surface area contributed by atoms with Crippen LogP contribution in [0.25, 0.3) is 0 Å². The molecule has 0 unspecified atom stereocenters. The van der Waals surface area contributed by atoms with Gasteiger partial charge in [0.25, 0.3) is 0 Å². The summed E-state index contributed by atoms with van der Waals surface area (Å²) in [6.07, 6.45) is 8.02. The number of hydrogen-bond donors (Lipinski definition) is 1. The molecule has 37 heavy (non-hydrogen) atoms. The molecule has 2 saturated heterocycles. The van der Waals surface area contributed by atoms with E-state index in [-0.39, 0.29) is 40.9 Å². The van der Waals surface area contributed by atoms with Crippen LogP contribution in [0.15, 0.2) is 0 Å². The third kappa shape index (κ3) is 4.27. The molecule has 0 aromatic heterocycles. The molecule has 0 bridgehead atoms. The molecular weight excluding hydrogens is 466 g/mol. The topological polar surface area (TPSA) is 68.2 Å². The highest BCUT2D eigenvalue weighted by atomic mass is 16.7. The van der Waals surface area contributed by atoms with Crippen LogP contribution >= 0.6 is 0 Å². The number of ether oxygens (including phenoxy) is 3. The second kappa shape index (κ2) is 9.54. The maximum atomic E-state index is 14.3. The number of Topliss-reactive ketones (excluding diaryl/α,β-unsaturated/α-hetero) is 1. The third-order valence-electron chi connectivity index (χ3n) is 12.2. The van der Waals surface area contributed by atoms with Crippen molar-refractivity contribution in [2.75, 3.05) is 32.9 Å². The number of aliphatic hydroxyl groups excluding tert-OH is 1. The largest absolute Gasteiger partial charge is 0.391 e. The first-order valence-electron chi connectivity index (χ1n) is 15.4. The minimum atomic E-state index is -0.541. The van der Waals surface area contributed by atoms with Gasteiger partial charge in [-0.1, -0.05) is 27.7 Å². The summed E-state index contributed by atoms with van der Waals surface area (Å²) in [5.74, 6) is 2.42. The second-order valence-electron chi connectivity index (χ2n) is 14.7. The smallest absolute Gasteiger partial charge is 0.169 e. The Morgan fingerprint density at radius 2 is 1.78 bits per heavy atom. The van der Waals surface area contributed by atoms with Crippen molar-refractivity contribution < 1.29 is 24.1 Å². The minimum absolute atomic E-state index is 0.0284. The summed E-state index contributed by atoms with van der Waals surface area (Å²) in [6.45, 7) is 15.3. The van der Waals surface area contributed by atoms with Gasteiger partial charge < -0.3 is 19.3 Å². The Morgan fingerprint density at radius 1 is 1.03 bits per heavy atom. The molecule has 0 aromatic carbocycles. The van der Waals surface area contributed by atoms with Crippen molar-refractivity contribution in [3.8, 4) is 0 Å². The number of nitrogens with zero attached hydrogens (tertiary/aromatic N) is 1. The maximum absolute atomic E-state index is 14.3. The van der Waals surface area contributed by atoms with Gasteiger partial charge in [-0.2, -0.15) is 0 Å². The molecule has 4 aliphatic carbocycles. The molecule has 0 amide bonds. The molecule has 2 aliphatic heterocycles. The van der Waals surface area contributed by atoms with Crippen molar-refractivity contribution in [1.82, 2.24) is 4.90 Å². The Kier molecular flexibility index (Phi) is 6.88. The molecule has 0 aromatic rings. The number of morpholine rings is 1. The molecule has 6 heteroatoms. The van der Waals surface area contributed by atoms with Crippen molar-refractivity contribution in [1.29, 1.82) is 0 Å². The lowest BCUT2D eigenvalue weighted by Gasteiger charge is -2.62. The third-order valence-corrected chi connectivity index (χ3v) is 12.2. The van der Waals surface area contributed by atoms with E-state index in [2.05, 4.69) is 39.5 Å². The van der Waals surface area contributed by atoms with E-state index in [1.807, 2.05) is 0 Å². The second-order valence-corrected chi connectivity index (χ2v) is 14.7. The van der Waals surface area contributed by atoms with Gasteiger partial charge >= 0.3 is 0 Å². The highest BCUT2D eigenvalue weighted by Gasteiger charge is 2.67. The van der Waals surface area contributed by atoms with Crippen LogP contribution in [-0.2, 0) is 19.0 Å². The zero-order valence-corrected chi connectivity index (χ0v) is 23.9. The van der Waals surface area contributed by atoms with Crippen molar-refractivity contribution in [3.63, 3.8) is 0 Å². The Hall–Kier alpha value is -0.530. The van der Waals surface area contributed by atoms with Crippen molar-refractivity contribution in [3.05, 3.63) is 0 Å². The van der Waals surface area contributed by atoms with Crippen molar-refractivity contribution in [2.45, 2.75) is 110 Å². The van der Waals surface area contributed by atoms with Crippen LogP contribution in [0.5, 0.6) is 0 Å². The number of ketones is 1. The van der Waals surface area contributed by atoms with Crippen LogP contribution in [-0.4, -0.2) is 72.7 Å². The summed E-state index contributed by atoms with van der Waals surface area (Å²) < 4.78 is 18.4. The lowest BCUT2D eigenvalue weighted by molar-refractivity contribution is -0.218. The van der Waals surface area contributed by atoms with Crippen molar-refractivity contribution in [2.24, 2.45) is 46.3 Å². The van der Waals surface area contributed by atoms with E-state index in [1.165, 1.54) is 6.42 Å². The lowest BCUT2D eigenvalue weighted by Crippen LogP contribution is -2.63. The molecule has 4 saturated carbocycles. The van der Waals surface area contributed by atoms with E-state index in [4.69, 9.17) is 14.2 Å². The fraction of sp³-hybridized carbons (Fsp3) is 0.968. The van der Waals surface area contributed by atoms with Gasteiger partial charge in [-0.15, -0.1) is 0 Å². The molecule has 1 N–H and O–H groups in total. The quantitative estimate of drug-likeness (QED) is 0.584. The van der Waals surface area contributed by atoms with E-state index < -0.39 is 5.79 Å². The van der Waals surface area contributed by atoms with Crippen LogP contribution in [0, 0.1) is 46.3 Å². The van der Waals surface area contributed by atoms with Gasteiger partial charge in [-0.05, 0) is 86.4 Å². The lowest BCUT2D eigenvalue weighted by atomic mass is 9.43. The summed E-state index contributed by atoms with van der Waals surface area (Å²) in [7, 11) is 0. The number of carbonyl (C=O) groups is 1. The van der Waals surface area contributed by atoms with Gasteiger partial charge in [0.15, 0.2) is 5.79 Å². The molecule has 0 radical (unpaired) electrons. The van der Waals surface area contributed by atoms with E-state index in [0.717, 1.165) is 58.2 Å². The SMILES string of the molecule is CC(C)C[C@@H]1CN([C@H]2C[C@@]3(C)[C@@H](CC[C@H]4[C@@H]5CC[C@H](C6(C)OCCO6)[C@@]5(C)CC(=O)[C@@H]43)C[C@@H]2O)CCO1. The standard InChI is InChI=1S/C31H51NO5/c1-19(2)14-21-18-32(10-11-35-21)24-16-29(3)20(15-25(24)33)6-7-22-23-8-9-27(31(5)36-12-13-37-31)30(23,4)17-26(34)28(22)29/h19-25,27-28,33H,6-18H2,1-5H3/t20-,21+,22-,23-,24-,25-,27-,28+,29-,30-/m0/s1. The maximum Gasteiger partial charge on any atom is 0.169 e. The average Bonchev–Trinajstić information content (AvgIpc) is 3.42. The molecule has 6 fully saturated rings. The fourth-order valence-electron chi connectivity index (χ4n) is 10.8. The minimum Gasteiger partial charge on any atom is -0.391 e. The first kappa shape index (κ1) is 26.7. The van der Waals surface area contributed by atoms with Crippen LogP contribution < -0.4 is 0 Å². The van der Waals surface area contributed by atoms with Crippen LogP contribution in [0.2, 0.25) is 0 Å². The van der Waals surface area contributed by atoms with Gasteiger partial charge in [0.2, 0.25) is 0 Å². The first-order valence-corrected chi connectivity index (χ1v) is 15.4. The Balaban J connectivity index is 1.24. The summed E-state index contributed by atoms with van der Waals surface area (Å²) in [5, 5.41) is 11.4. The molecule has 210 valence electrons. The molecule has 6 aliphatic rings. The van der Waals surface area contributed by atoms with Gasteiger partial charge in [-0.25, -0.2) is 0 Å². The van der Waals surface area contributed by atoms with Crippen LogP contribution in [0.1, 0.15) is 86.0 Å². The van der Waals surface area contributed by atoms with E-state index in [1.54, 1.807) is 0 Å². The van der Waals surface area contributed by atoms with Gasteiger partial charge in [0.05, 0.1) is 32.0 Å². The summed E-state index contributed by atoms with van der Waals surface area (Å²) >= 11 is 0. The fourth-order valence-corrected chi connectivity index (χ4v) is 10.8. The average molecular weight is 518 g/mol. The number of aliphatic hydroxyl groups is 1. The Bertz CT molecular complexity index is 872. The van der Waals surface area contributed by atoms with Gasteiger partial charge in [0, 0.05) is 37.4 Å². The van der Waals surface area contributed by atoms with E-state index in [9.17, 15) is 9.90 Å². The number of fused-ring (bicyclic) bond motifs is 5. The predicted molar refractivity (Wildman–Crippen MR) is 142 cm³/mol. The monoisotopic (exact) mass is 517 g/mol. The van der Waals surface area contributed by atoms with Crippen molar-refractivity contribution >= 4 is 5.78 Å². The zero-order chi connectivity index (χ0) is 26.2. The first-order chi connectivity index (χ1) is 17.5. The molecule has 10 atom stereocenters. The molecule has 6 nitrogen and oxygen atoms in total. The number of hydrogen-bond acceptors (Lipinski definition) is 6. The van der Waals surface area contributed by atoms with E-state index in [0.29, 0.717) is 49.1 Å². The summed E-state index contributed by atoms with van der Waals surface area (Å²) in [6, 6.07) is 0.134. The zero-order valence-electron chi connectivity index (χ0n) is 23.9. The van der Waals surface area contributed by atoms with Crippen LogP contribution in [0.3, 0.4) is 0 Å². The number of rotatable bonds is 4. The normalized spacial score (nSPS) is 50.1.